The fraction of sp³-hybridized carbons (Fsp3) is 0.857. The van der Waals surface area contributed by atoms with Crippen LogP contribution in [0.5, 0.6) is 0 Å². The number of carbonyl (C=O) groups excluding carboxylic acids is 1. The van der Waals surface area contributed by atoms with Gasteiger partial charge in [-0.1, -0.05) is 25.6 Å². The number of rotatable bonds is 1. The Labute approximate surface area is 114 Å². The van der Waals surface area contributed by atoms with Crippen LogP contribution in [0.2, 0.25) is 0 Å². The maximum Gasteiger partial charge on any atom is 0.252 e. The molecule has 0 aromatic rings. The fourth-order valence-corrected chi connectivity index (χ4v) is 4.08. The minimum absolute atomic E-state index is 0.106. The average Bonchev–Trinajstić information content (AvgIpc) is 2.28. The Morgan fingerprint density at radius 2 is 2.11 bits per heavy atom. The van der Waals surface area contributed by atoms with E-state index in [0.717, 1.165) is 18.0 Å². The fourth-order valence-electron chi connectivity index (χ4n) is 2.67. The molecule has 1 aliphatic carbocycles. The number of carbonyl (C=O) groups is 1. The molecule has 2 aliphatic rings. The topological polar surface area (TPSA) is 32.7 Å². The Kier molecular flexibility index (Phi) is 3.77. The van der Waals surface area contributed by atoms with Crippen molar-refractivity contribution in [2.45, 2.75) is 58.2 Å². The number of nitrogens with zero attached hydrogens (tertiary/aromatic N) is 2. The molecule has 0 aromatic carbocycles. The molecule has 0 bridgehead atoms. The highest BCUT2D eigenvalue weighted by Crippen LogP contribution is 2.46. The van der Waals surface area contributed by atoms with Crippen molar-refractivity contribution in [3.05, 3.63) is 0 Å². The van der Waals surface area contributed by atoms with Gasteiger partial charge in [0.25, 0.3) is 5.91 Å². The van der Waals surface area contributed by atoms with Gasteiger partial charge in [0.2, 0.25) is 0 Å². The zero-order chi connectivity index (χ0) is 13.5. The summed E-state index contributed by atoms with van der Waals surface area (Å²) in [5, 5.41) is 1.36. The zero-order valence-corrected chi connectivity index (χ0v) is 12.9. The molecule has 1 heterocycles. The quantitative estimate of drug-likeness (QED) is 0.732. The summed E-state index contributed by atoms with van der Waals surface area (Å²) in [6.45, 7) is 8.79. The standard InChI is InChI=1S/C14H24N2OS/c1-9(2)16(5)13-15-12(17)10-8-14(3,4)7-6-11(10)18-13/h9-11H,6-8H2,1-5H3. The molecule has 1 fully saturated rings. The number of fused-ring (bicyclic) bond motifs is 1. The normalized spacial score (nSPS) is 31.0. The third-order valence-electron chi connectivity index (χ3n) is 4.18. The van der Waals surface area contributed by atoms with E-state index in [1.54, 1.807) is 0 Å². The third-order valence-corrected chi connectivity index (χ3v) is 5.64. The molecule has 0 radical (unpaired) electrons. The molecule has 0 aromatic heterocycles. The number of hydrogen-bond donors (Lipinski definition) is 0. The summed E-state index contributed by atoms with van der Waals surface area (Å²) >= 11 is 1.81. The second-order valence-electron chi connectivity index (χ2n) is 6.61. The van der Waals surface area contributed by atoms with E-state index in [9.17, 15) is 4.79 Å². The van der Waals surface area contributed by atoms with Gasteiger partial charge in [-0.25, -0.2) is 0 Å². The molecule has 1 aliphatic heterocycles. The van der Waals surface area contributed by atoms with Crippen LogP contribution in [0.15, 0.2) is 4.99 Å². The lowest BCUT2D eigenvalue weighted by atomic mass is 9.71. The smallest absolute Gasteiger partial charge is 0.252 e. The SMILES string of the molecule is CC(C)N(C)C1=NC(=O)C2CC(C)(C)CCC2S1. The van der Waals surface area contributed by atoms with Crippen molar-refractivity contribution < 1.29 is 4.79 Å². The van der Waals surface area contributed by atoms with Crippen LogP contribution in [0, 0.1) is 11.3 Å². The van der Waals surface area contributed by atoms with Gasteiger partial charge in [-0.05, 0) is 38.5 Å². The lowest BCUT2D eigenvalue weighted by Crippen LogP contribution is -2.43. The first-order chi connectivity index (χ1) is 8.30. The lowest BCUT2D eigenvalue weighted by molar-refractivity contribution is -0.123. The van der Waals surface area contributed by atoms with E-state index in [1.165, 1.54) is 6.42 Å². The van der Waals surface area contributed by atoms with Crippen LogP contribution >= 0.6 is 11.8 Å². The zero-order valence-electron chi connectivity index (χ0n) is 12.1. The maximum absolute atomic E-state index is 12.2. The van der Waals surface area contributed by atoms with E-state index < -0.39 is 0 Å². The van der Waals surface area contributed by atoms with Gasteiger partial charge in [-0.3, -0.25) is 4.79 Å². The molecule has 2 unspecified atom stereocenters. The van der Waals surface area contributed by atoms with E-state index >= 15 is 0 Å². The average molecular weight is 268 g/mol. The van der Waals surface area contributed by atoms with Crippen molar-refractivity contribution in [3.63, 3.8) is 0 Å². The molecule has 0 spiro atoms. The maximum atomic E-state index is 12.2. The first-order valence-corrected chi connectivity index (χ1v) is 7.70. The second kappa shape index (κ2) is 4.87. The van der Waals surface area contributed by atoms with Gasteiger partial charge < -0.3 is 4.90 Å². The summed E-state index contributed by atoms with van der Waals surface area (Å²) in [5.41, 5.74) is 0.300. The van der Waals surface area contributed by atoms with Gasteiger partial charge in [-0.2, -0.15) is 4.99 Å². The van der Waals surface area contributed by atoms with Gasteiger partial charge in [0, 0.05) is 18.3 Å². The van der Waals surface area contributed by atoms with Crippen molar-refractivity contribution in [2.75, 3.05) is 7.05 Å². The second-order valence-corrected chi connectivity index (χ2v) is 7.81. The summed E-state index contributed by atoms with van der Waals surface area (Å²) < 4.78 is 0. The molecule has 18 heavy (non-hydrogen) atoms. The molecule has 2 atom stereocenters. The van der Waals surface area contributed by atoms with Crippen LogP contribution < -0.4 is 0 Å². The first kappa shape index (κ1) is 13.9. The van der Waals surface area contributed by atoms with Gasteiger partial charge in [0.15, 0.2) is 5.17 Å². The third kappa shape index (κ3) is 2.73. The molecule has 3 nitrogen and oxygen atoms in total. The van der Waals surface area contributed by atoms with Crippen molar-refractivity contribution in [2.24, 2.45) is 16.3 Å². The molecular formula is C14H24N2OS. The molecule has 0 N–H and O–H groups in total. The molecule has 2 rings (SSSR count). The van der Waals surface area contributed by atoms with Gasteiger partial charge >= 0.3 is 0 Å². The minimum atomic E-state index is 0.106. The Hall–Kier alpha value is -0.510. The number of thioether (sulfide) groups is 1. The molecule has 0 saturated heterocycles. The summed E-state index contributed by atoms with van der Waals surface area (Å²) in [6, 6.07) is 0.389. The predicted octanol–water partition coefficient (Wildman–Crippen LogP) is 3.15. The van der Waals surface area contributed by atoms with Crippen LogP contribution in [-0.4, -0.2) is 34.3 Å². The van der Waals surface area contributed by atoms with Crippen LogP contribution in [0.3, 0.4) is 0 Å². The largest absolute Gasteiger partial charge is 0.352 e. The van der Waals surface area contributed by atoms with Crippen LogP contribution in [0.4, 0.5) is 0 Å². The number of aliphatic imine (C=N–C) groups is 1. The monoisotopic (exact) mass is 268 g/mol. The van der Waals surface area contributed by atoms with E-state index in [2.05, 4.69) is 37.6 Å². The van der Waals surface area contributed by atoms with E-state index in [0.29, 0.717) is 16.7 Å². The summed E-state index contributed by atoms with van der Waals surface area (Å²) in [4.78, 5) is 18.7. The number of amides is 1. The summed E-state index contributed by atoms with van der Waals surface area (Å²) in [7, 11) is 2.02. The van der Waals surface area contributed by atoms with Crippen molar-refractivity contribution >= 4 is 22.8 Å². The van der Waals surface area contributed by atoms with Crippen LogP contribution in [-0.2, 0) is 4.79 Å². The molecule has 4 heteroatoms. The summed E-state index contributed by atoms with van der Waals surface area (Å²) in [6.07, 6.45) is 3.35. The van der Waals surface area contributed by atoms with E-state index in [-0.39, 0.29) is 11.8 Å². The number of amidine groups is 1. The highest BCUT2D eigenvalue weighted by molar-refractivity contribution is 8.14. The van der Waals surface area contributed by atoms with Crippen LogP contribution in [0.1, 0.15) is 47.0 Å². The molecule has 1 saturated carbocycles. The van der Waals surface area contributed by atoms with Crippen molar-refractivity contribution in [3.8, 4) is 0 Å². The Morgan fingerprint density at radius 1 is 1.44 bits per heavy atom. The minimum Gasteiger partial charge on any atom is -0.352 e. The van der Waals surface area contributed by atoms with Crippen molar-refractivity contribution in [1.29, 1.82) is 0 Å². The lowest BCUT2D eigenvalue weighted by Gasteiger charge is -2.42. The highest BCUT2D eigenvalue weighted by atomic mass is 32.2. The molecule has 1 amide bonds. The van der Waals surface area contributed by atoms with E-state index in [1.807, 2.05) is 18.8 Å². The van der Waals surface area contributed by atoms with Gasteiger partial charge in [0.05, 0.1) is 5.92 Å². The van der Waals surface area contributed by atoms with Gasteiger partial charge in [0.1, 0.15) is 0 Å². The Balaban J connectivity index is 2.16. The van der Waals surface area contributed by atoms with Gasteiger partial charge in [-0.15, -0.1) is 0 Å². The predicted molar refractivity (Wildman–Crippen MR) is 77.8 cm³/mol. The molecule has 102 valence electrons. The van der Waals surface area contributed by atoms with Crippen LogP contribution in [0.25, 0.3) is 0 Å². The van der Waals surface area contributed by atoms with Crippen molar-refractivity contribution in [1.82, 2.24) is 4.90 Å². The first-order valence-electron chi connectivity index (χ1n) is 6.82. The Morgan fingerprint density at radius 3 is 2.72 bits per heavy atom. The highest BCUT2D eigenvalue weighted by Gasteiger charge is 2.42. The number of hydrogen-bond acceptors (Lipinski definition) is 3. The van der Waals surface area contributed by atoms with E-state index in [4.69, 9.17) is 0 Å². The Bertz CT molecular complexity index is 376. The summed E-state index contributed by atoms with van der Waals surface area (Å²) in [5.74, 6) is 0.247. The molecular weight excluding hydrogens is 244 g/mol.